The van der Waals surface area contributed by atoms with E-state index in [4.69, 9.17) is 4.74 Å². The van der Waals surface area contributed by atoms with Crippen LogP contribution in [-0.4, -0.2) is 49.4 Å². The van der Waals surface area contributed by atoms with Gasteiger partial charge in [-0.25, -0.2) is 14.8 Å². The smallest absolute Gasteiger partial charge is 0.325 e. The van der Waals surface area contributed by atoms with Gasteiger partial charge in [0.1, 0.15) is 5.82 Å². The number of nitrogens with zero attached hydrogens (tertiary/aromatic N) is 3. The van der Waals surface area contributed by atoms with Crippen molar-refractivity contribution in [1.29, 1.82) is 0 Å². The normalized spacial score (nSPS) is 13.2. The quantitative estimate of drug-likeness (QED) is 0.580. The Morgan fingerprint density at radius 1 is 1.29 bits per heavy atom. The first-order valence-corrected chi connectivity index (χ1v) is 8.70. The van der Waals surface area contributed by atoms with Crippen LogP contribution >= 0.6 is 0 Å². The highest BCUT2D eigenvalue weighted by Crippen LogP contribution is 2.23. The van der Waals surface area contributed by atoms with E-state index in [9.17, 15) is 14.4 Å². The Hall–Kier alpha value is -3.69. The Balaban J connectivity index is 1.49. The Morgan fingerprint density at radius 3 is 2.86 bits per heavy atom. The summed E-state index contributed by atoms with van der Waals surface area (Å²) in [6.07, 6.45) is 3.49. The number of rotatable bonds is 4. The maximum Gasteiger partial charge on any atom is 0.325 e. The fourth-order valence-corrected chi connectivity index (χ4v) is 3.13. The molecule has 3 aromatic heterocycles. The summed E-state index contributed by atoms with van der Waals surface area (Å²) < 4.78 is 5.06. The summed E-state index contributed by atoms with van der Waals surface area (Å²) in [7, 11) is 1.56. The van der Waals surface area contributed by atoms with Gasteiger partial charge in [-0.2, -0.15) is 0 Å². The molecular weight excluding hydrogens is 364 g/mol. The van der Waals surface area contributed by atoms with E-state index in [1.165, 1.54) is 6.20 Å². The number of hydrogen-bond acceptors (Lipinski definition) is 6. The van der Waals surface area contributed by atoms with E-state index >= 15 is 0 Å². The van der Waals surface area contributed by atoms with Crippen LogP contribution in [0.4, 0.5) is 0 Å². The second-order valence-corrected chi connectivity index (χ2v) is 6.44. The zero-order valence-electron chi connectivity index (χ0n) is 15.1. The molecule has 0 spiro atoms. The average molecular weight is 382 g/mol. The third-order valence-electron chi connectivity index (χ3n) is 4.64. The minimum atomic E-state index is -0.596. The summed E-state index contributed by atoms with van der Waals surface area (Å²) in [6, 6.07) is 3.62. The number of hydrogen-bond donors (Lipinski definition) is 3. The predicted octanol–water partition coefficient (Wildman–Crippen LogP) is -0.0157. The lowest BCUT2D eigenvalue weighted by Gasteiger charge is -2.26. The first-order chi connectivity index (χ1) is 13.5. The van der Waals surface area contributed by atoms with Crippen molar-refractivity contribution in [2.24, 2.45) is 0 Å². The molecule has 1 aliphatic heterocycles. The van der Waals surface area contributed by atoms with Crippen LogP contribution in [0.25, 0.3) is 11.4 Å². The fourth-order valence-electron chi connectivity index (χ4n) is 3.13. The highest BCUT2D eigenvalue weighted by atomic mass is 16.5. The maximum atomic E-state index is 12.6. The molecular formula is C18H18N6O4. The number of carbonyl (C=O) groups is 1. The van der Waals surface area contributed by atoms with E-state index in [0.717, 1.165) is 17.0 Å². The van der Waals surface area contributed by atoms with Gasteiger partial charge in [-0.3, -0.25) is 14.6 Å². The number of aromatic amines is 3. The topological polar surface area (TPSA) is 137 Å². The summed E-state index contributed by atoms with van der Waals surface area (Å²) in [4.78, 5) is 53.7. The molecule has 1 aliphatic rings. The molecule has 0 atom stereocenters. The number of pyridine rings is 1. The van der Waals surface area contributed by atoms with E-state index in [1.807, 2.05) is 6.07 Å². The Bertz CT molecular complexity index is 1130. The van der Waals surface area contributed by atoms with Crippen LogP contribution in [0.5, 0.6) is 5.88 Å². The second-order valence-electron chi connectivity index (χ2n) is 6.44. The number of imidazole rings is 1. The SMILES string of the molecule is COc1ccc(-c2nc3c([nH]2)CN(C(=O)Cc2c[nH]c(=O)[nH]c2=O)CC3)cn1. The zero-order valence-corrected chi connectivity index (χ0v) is 15.1. The molecule has 1 amide bonds. The molecule has 0 radical (unpaired) electrons. The highest BCUT2D eigenvalue weighted by Gasteiger charge is 2.24. The van der Waals surface area contributed by atoms with Gasteiger partial charge in [0.15, 0.2) is 0 Å². The van der Waals surface area contributed by atoms with Gasteiger partial charge in [0.2, 0.25) is 11.8 Å². The van der Waals surface area contributed by atoms with Crippen LogP contribution in [-0.2, 0) is 24.2 Å². The Morgan fingerprint density at radius 2 is 2.14 bits per heavy atom. The van der Waals surface area contributed by atoms with Gasteiger partial charge in [0.05, 0.1) is 31.5 Å². The summed E-state index contributed by atoms with van der Waals surface area (Å²) >= 11 is 0. The van der Waals surface area contributed by atoms with Crippen molar-refractivity contribution >= 4 is 5.91 Å². The molecule has 0 saturated heterocycles. The maximum absolute atomic E-state index is 12.6. The van der Waals surface area contributed by atoms with Crippen molar-refractivity contribution in [2.75, 3.05) is 13.7 Å². The van der Waals surface area contributed by atoms with E-state index < -0.39 is 11.2 Å². The van der Waals surface area contributed by atoms with Crippen LogP contribution in [0.1, 0.15) is 17.0 Å². The van der Waals surface area contributed by atoms with Crippen LogP contribution in [0.2, 0.25) is 0 Å². The van der Waals surface area contributed by atoms with E-state index in [2.05, 4.69) is 24.9 Å². The van der Waals surface area contributed by atoms with Gasteiger partial charge in [-0.05, 0) is 6.07 Å². The van der Waals surface area contributed by atoms with Crippen LogP contribution in [0.3, 0.4) is 0 Å². The fraction of sp³-hybridized carbons (Fsp3) is 0.278. The number of fused-ring (bicyclic) bond motifs is 1. The molecule has 0 bridgehead atoms. The highest BCUT2D eigenvalue weighted by molar-refractivity contribution is 5.78. The summed E-state index contributed by atoms with van der Waals surface area (Å²) in [5.74, 6) is 1.02. The molecule has 0 aromatic carbocycles. The van der Waals surface area contributed by atoms with Crippen LogP contribution < -0.4 is 16.0 Å². The number of H-pyrrole nitrogens is 3. The lowest BCUT2D eigenvalue weighted by Crippen LogP contribution is -2.38. The first-order valence-electron chi connectivity index (χ1n) is 8.70. The molecule has 10 heteroatoms. The van der Waals surface area contributed by atoms with Crippen LogP contribution in [0.15, 0.2) is 34.1 Å². The largest absolute Gasteiger partial charge is 0.481 e. The third-order valence-corrected chi connectivity index (χ3v) is 4.64. The van der Waals surface area contributed by atoms with Gasteiger partial charge in [0, 0.05) is 42.6 Å². The van der Waals surface area contributed by atoms with Crippen LogP contribution in [0, 0.1) is 0 Å². The lowest BCUT2D eigenvalue weighted by molar-refractivity contribution is -0.131. The summed E-state index contributed by atoms with van der Waals surface area (Å²) in [5, 5.41) is 0. The van der Waals surface area contributed by atoms with Gasteiger partial charge in [-0.1, -0.05) is 0 Å². The summed E-state index contributed by atoms with van der Waals surface area (Å²) in [6.45, 7) is 0.893. The molecule has 3 aromatic rings. The van der Waals surface area contributed by atoms with E-state index in [1.54, 1.807) is 24.3 Å². The van der Waals surface area contributed by atoms with Crippen molar-refractivity contribution in [3.63, 3.8) is 0 Å². The Labute approximate surface area is 158 Å². The van der Waals surface area contributed by atoms with E-state index in [-0.39, 0.29) is 17.9 Å². The number of amides is 1. The molecule has 0 fully saturated rings. The number of ether oxygens (including phenoxy) is 1. The second kappa shape index (κ2) is 7.14. The van der Waals surface area contributed by atoms with Gasteiger partial charge in [-0.15, -0.1) is 0 Å². The molecule has 28 heavy (non-hydrogen) atoms. The molecule has 0 aliphatic carbocycles. The van der Waals surface area contributed by atoms with Crippen molar-refractivity contribution in [3.8, 4) is 17.3 Å². The van der Waals surface area contributed by atoms with Crippen molar-refractivity contribution in [3.05, 3.63) is 62.3 Å². The standard InChI is InChI=1S/C18H18N6O4/c1-28-14-3-2-10(7-19-14)16-21-12-4-5-24(9-13(12)22-16)15(25)6-11-8-20-18(27)23-17(11)26/h2-3,7-8H,4-6,9H2,1H3,(H,21,22)(H2,20,23,26,27). The molecule has 0 saturated carbocycles. The third kappa shape index (κ3) is 3.43. The van der Waals surface area contributed by atoms with Gasteiger partial charge in [0.25, 0.3) is 5.56 Å². The molecule has 3 N–H and O–H groups in total. The minimum absolute atomic E-state index is 0.0785. The lowest BCUT2D eigenvalue weighted by atomic mass is 10.1. The van der Waals surface area contributed by atoms with Gasteiger partial charge < -0.3 is 19.6 Å². The first kappa shape index (κ1) is 17.7. The number of aromatic nitrogens is 5. The molecule has 4 heterocycles. The predicted molar refractivity (Wildman–Crippen MR) is 98.9 cm³/mol. The molecule has 144 valence electrons. The Kier molecular flexibility index (Phi) is 4.52. The van der Waals surface area contributed by atoms with Crippen molar-refractivity contribution in [2.45, 2.75) is 19.4 Å². The van der Waals surface area contributed by atoms with Crippen molar-refractivity contribution < 1.29 is 9.53 Å². The average Bonchev–Trinajstić information content (AvgIpc) is 3.13. The summed E-state index contributed by atoms with van der Waals surface area (Å²) in [5.41, 5.74) is 1.68. The van der Waals surface area contributed by atoms with Crippen molar-refractivity contribution in [1.82, 2.24) is 29.8 Å². The number of nitrogens with one attached hydrogen (secondary N) is 3. The number of carbonyl (C=O) groups excluding carboxylic acids is 1. The molecule has 4 rings (SSSR count). The van der Waals surface area contributed by atoms with Gasteiger partial charge >= 0.3 is 5.69 Å². The zero-order chi connectivity index (χ0) is 19.7. The molecule has 10 nitrogen and oxygen atoms in total. The number of methoxy groups -OCH3 is 1. The van der Waals surface area contributed by atoms with E-state index in [0.29, 0.717) is 31.2 Å². The molecule has 0 unspecified atom stereocenters. The monoisotopic (exact) mass is 382 g/mol. The minimum Gasteiger partial charge on any atom is -0.481 e.